The standard InChI is InChI=1S/C5H8O5S.Mg.2H/c1-2-5(6)10-3-4-11(7,8)9;;;/h2H,1,3-4H2,(H,7,8,9);;;/q;+2;2*-1. The molecule has 0 rings (SSSR count). The van der Waals surface area contributed by atoms with Crippen LogP contribution in [0.15, 0.2) is 12.7 Å². The number of ether oxygens (including phenoxy) is 1. The van der Waals surface area contributed by atoms with Crippen molar-refractivity contribution in [3.63, 3.8) is 0 Å². The molecule has 0 spiro atoms. The van der Waals surface area contributed by atoms with E-state index in [4.69, 9.17) is 4.55 Å². The first-order chi connectivity index (χ1) is 4.95. The Labute approximate surface area is 89.7 Å². The van der Waals surface area contributed by atoms with Crippen molar-refractivity contribution >= 4 is 39.1 Å². The van der Waals surface area contributed by atoms with Crippen molar-refractivity contribution in [2.75, 3.05) is 12.4 Å². The fourth-order valence-electron chi connectivity index (χ4n) is 0.306. The van der Waals surface area contributed by atoms with E-state index in [1.807, 2.05) is 0 Å². The monoisotopic (exact) mass is 206 g/mol. The Hall–Kier alpha value is -0.114. The maximum Gasteiger partial charge on any atom is 2.00 e. The Kier molecular flexibility index (Phi) is 7.70. The molecule has 0 heterocycles. The van der Waals surface area contributed by atoms with Gasteiger partial charge in [-0.15, -0.1) is 0 Å². The maximum atomic E-state index is 10.3. The van der Waals surface area contributed by atoms with Crippen molar-refractivity contribution in [1.82, 2.24) is 0 Å². The molecule has 0 saturated carbocycles. The molecule has 0 aromatic heterocycles. The molecule has 7 heteroatoms. The number of carbonyl (C=O) groups is 1. The fraction of sp³-hybridized carbons (Fsp3) is 0.400. The van der Waals surface area contributed by atoms with E-state index in [1.54, 1.807) is 0 Å². The average Bonchev–Trinajstić information content (AvgIpc) is 1.85. The van der Waals surface area contributed by atoms with Crippen LogP contribution in [0.2, 0.25) is 0 Å². The van der Waals surface area contributed by atoms with Gasteiger partial charge in [0.1, 0.15) is 12.4 Å². The number of carbonyl (C=O) groups excluding carboxylic acids is 1. The number of hydrogen-bond acceptors (Lipinski definition) is 4. The van der Waals surface area contributed by atoms with E-state index in [9.17, 15) is 13.2 Å². The van der Waals surface area contributed by atoms with Crippen LogP contribution in [-0.2, 0) is 19.6 Å². The molecule has 0 atom stereocenters. The van der Waals surface area contributed by atoms with Crippen molar-refractivity contribution in [3.05, 3.63) is 12.7 Å². The van der Waals surface area contributed by atoms with E-state index in [0.29, 0.717) is 0 Å². The Balaban J connectivity index is -0.000000167. The largest absolute Gasteiger partial charge is 2.00 e. The van der Waals surface area contributed by atoms with Crippen LogP contribution in [0.25, 0.3) is 0 Å². The molecule has 0 fully saturated rings. The molecule has 0 radical (unpaired) electrons. The van der Waals surface area contributed by atoms with E-state index in [-0.39, 0.29) is 32.5 Å². The van der Waals surface area contributed by atoms with Crippen LogP contribution in [0.4, 0.5) is 0 Å². The van der Waals surface area contributed by atoms with E-state index >= 15 is 0 Å². The first-order valence-corrected chi connectivity index (χ1v) is 4.31. The summed E-state index contributed by atoms with van der Waals surface area (Å²) in [5, 5.41) is 0. The Morgan fingerprint density at radius 1 is 1.67 bits per heavy atom. The van der Waals surface area contributed by atoms with Gasteiger partial charge in [0, 0.05) is 6.08 Å². The van der Waals surface area contributed by atoms with E-state index in [2.05, 4.69) is 11.3 Å². The minimum absolute atomic E-state index is 0. The number of hydrogen-bond donors (Lipinski definition) is 1. The molecule has 0 amide bonds. The third kappa shape index (κ3) is 9.89. The number of esters is 1. The van der Waals surface area contributed by atoms with Crippen LogP contribution in [0.5, 0.6) is 0 Å². The van der Waals surface area contributed by atoms with Crippen molar-refractivity contribution in [2.24, 2.45) is 0 Å². The van der Waals surface area contributed by atoms with Crippen molar-refractivity contribution in [1.29, 1.82) is 0 Å². The van der Waals surface area contributed by atoms with Crippen LogP contribution in [0, 0.1) is 0 Å². The summed E-state index contributed by atoms with van der Waals surface area (Å²) in [4.78, 5) is 10.3. The van der Waals surface area contributed by atoms with Gasteiger partial charge in [-0.05, 0) is 0 Å². The average molecular weight is 207 g/mol. The predicted molar refractivity (Wildman–Crippen MR) is 45.5 cm³/mol. The third-order valence-electron chi connectivity index (χ3n) is 0.752. The predicted octanol–water partition coefficient (Wildman–Crippen LogP) is -0.552. The Bertz CT molecular complexity index is 253. The van der Waals surface area contributed by atoms with Gasteiger partial charge in [-0.25, -0.2) is 4.79 Å². The first-order valence-electron chi connectivity index (χ1n) is 2.70. The summed E-state index contributed by atoms with van der Waals surface area (Å²) < 4.78 is 32.5. The zero-order chi connectivity index (χ0) is 8.91. The van der Waals surface area contributed by atoms with Gasteiger partial charge in [-0.2, -0.15) is 8.42 Å². The first kappa shape index (κ1) is 14.4. The van der Waals surface area contributed by atoms with Crippen LogP contribution in [0.1, 0.15) is 2.85 Å². The van der Waals surface area contributed by atoms with Crippen molar-refractivity contribution < 1.29 is 25.4 Å². The molecule has 0 aromatic rings. The topological polar surface area (TPSA) is 80.7 Å². The molecule has 1 N–H and O–H groups in total. The van der Waals surface area contributed by atoms with Gasteiger partial charge in [-0.1, -0.05) is 6.58 Å². The minimum Gasteiger partial charge on any atom is -1.00 e. The molecule has 12 heavy (non-hydrogen) atoms. The molecular weight excluding hydrogens is 196 g/mol. The molecule has 0 aliphatic carbocycles. The Morgan fingerprint density at radius 2 is 2.17 bits per heavy atom. The van der Waals surface area contributed by atoms with Gasteiger partial charge in [0.15, 0.2) is 0 Å². The molecule has 5 nitrogen and oxygen atoms in total. The summed E-state index contributed by atoms with van der Waals surface area (Å²) in [5.74, 6) is -1.30. The van der Waals surface area contributed by atoms with Gasteiger partial charge in [0.05, 0.1) is 0 Å². The quantitative estimate of drug-likeness (QED) is 0.289. The molecule has 0 aliphatic heterocycles. The zero-order valence-corrected chi connectivity index (χ0v) is 8.62. The molecule has 0 bridgehead atoms. The van der Waals surface area contributed by atoms with Gasteiger partial charge >= 0.3 is 29.0 Å². The normalized spacial score (nSPS) is 9.75. The van der Waals surface area contributed by atoms with Crippen LogP contribution < -0.4 is 0 Å². The van der Waals surface area contributed by atoms with E-state index < -0.39 is 21.8 Å². The van der Waals surface area contributed by atoms with Crippen LogP contribution >= 0.6 is 0 Å². The van der Waals surface area contributed by atoms with Gasteiger partial charge in [0.2, 0.25) is 0 Å². The maximum absolute atomic E-state index is 10.3. The summed E-state index contributed by atoms with van der Waals surface area (Å²) in [6.07, 6.45) is 0.907. The second-order valence-electron chi connectivity index (χ2n) is 1.66. The minimum atomic E-state index is -4.04. The third-order valence-corrected chi connectivity index (χ3v) is 1.43. The summed E-state index contributed by atoms with van der Waals surface area (Å²) in [5.41, 5.74) is 0. The van der Waals surface area contributed by atoms with E-state index in [0.717, 1.165) is 6.08 Å². The summed E-state index contributed by atoms with van der Waals surface area (Å²) >= 11 is 0. The second-order valence-corrected chi connectivity index (χ2v) is 3.23. The Morgan fingerprint density at radius 3 is 2.50 bits per heavy atom. The zero-order valence-electron chi connectivity index (χ0n) is 8.39. The van der Waals surface area contributed by atoms with Crippen molar-refractivity contribution in [2.45, 2.75) is 0 Å². The molecule has 0 aromatic carbocycles. The van der Waals surface area contributed by atoms with Crippen LogP contribution in [-0.4, -0.2) is 54.4 Å². The molecule has 0 unspecified atom stereocenters. The molecule has 68 valence electrons. The van der Waals surface area contributed by atoms with Gasteiger partial charge in [0.25, 0.3) is 10.1 Å². The smallest absolute Gasteiger partial charge is 1.00 e. The summed E-state index contributed by atoms with van der Waals surface area (Å²) in [6.45, 7) is 2.73. The van der Waals surface area contributed by atoms with Gasteiger partial charge < -0.3 is 7.59 Å². The molecule has 0 aliphatic rings. The van der Waals surface area contributed by atoms with Crippen molar-refractivity contribution in [3.8, 4) is 0 Å². The van der Waals surface area contributed by atoms with Gasteiger partial charge in [-0.3, -0.25) is 4.55 Å². The van der Waals surface area contributed by atoms with E-state index in [1.165, 1.54) is 0 Å². The second kappa shape index (κ2) is 6.41. The number of rotatable bonds is 4. The van der Waals surface area contributed by atoms with Crippen LogP contribution in [0.3, 0.4) is 0 Å². The fourth-order valence-corrected chi connectivity index (χ4v) is 0.600. The molecular formula is C5H10MgO5S. The summed E-state index contributed by atoms with van der Waals surface area (Å²) in [6, 6.07) is 0. The summed E-state index contributed by atoms with van der Waals surface area (Å²) in [7, 11) is -4.04. The molecule has 0 saturated heterocycles. The SMILES string of the molecule is C=CC(=O)OCCS(=O)(=O)O.[H-].[H-].[Mg+2].